The second-order valence-corrected chi connectivity index (χ2v) is 8.32. The molecule has 0 radical (unpaired) electrons. The monoisotopic (exact) mass is 455 g/mol. The SMILES string of the molecule is O=C(c1ccc(F)cc1)N1CCOC(CN(CCN2CCOCC2)C(=O)c2ccccc2)C1. The van der Waals surface area contributed by atoms with Crippen molar-refractivity contribution < 1.29 is 23.5 Å². The highest BCUT2D eigenvalue weighted by molar-refractivity contribution is 5.95. The van der Waals surface area contributed by atoms with Gasteiger partial charge in [0.2, 0.25) is 0 Å². The molecule has 8 heteroatoms. The van der Waals surface area contributed by atoms with Gasteiger partial charge in [0.25, 0.3) is 11.8 Å². The van der Waals surface area contributed by atoms with Gasteiger partial charge < -0.3 is 19.3 Å². The molecule has 2 saturated heterocycles. The Kier molecular flexibility index (Phi) is 8.04. The van der Waals surface area contributed by atoms with Crippen molar-refractivity contribution in [3.63, 3.8) is 0 Å². The van der Waals surface area contributed by atoms with Gasteiger partial charge in [-0.1, -0.05) is 18.2 Å². The van der Waals surface area contributed by atoms with Crippen molar-refractivity contribution >= 4 is 11.8 Å². The van der Waals surface area contributed by atoms with E-state index in [2.05, 4.69) is 4.90 Å². The van der Waals surface area contributed by atoms with Crippen molar-refractivity contribution in [1.29, 1.82) is 0 Å². The van der Waals surface area contributed by atoms with Crippen LogP contribution in [0.15, 0.2) is 54.6 Å². The third-order valence-electron chi connectivity index (χ3n) is 6.04. The molecule has 7 nitrogen and oxygen atoms in total. The molecule has 2 amide bonds. The van der Waals surface area contributed by atoms with E-state index in [1.807, 2.05) is 35.2 Å². The lowest BCUT2D eigenvalue weighted by Crippen LogP contribution is -2.52. The Balaban J connectivity index is 1.42. The lowest BCUT2D eigenvalue weighted by molar-refractivity contribution is -0.0346. The normalized spacial score (nSPS) is 19.3. The topological polar surface area (TPSA) is 62.3 Å². The van der Waals surface area contributed by atoms with Crippen LogP contribution in [0.5, 0.6) is 0 Å². The molecule has 0 aromatic heterocycles. The minimum Gasteiger partial charge on any atom is -0.379 e. The number of carbonyl (C=O) groups excluding carboxylic acids is 2. The molecule has 0 saturated carbocycles. The average molecular weight is 456 g/mol. The summed E-state index contributed by atoms with van der Waals surface area (Å²) >= 11 is 0. The van der Waals surface area contributed by atoms with E-state index in [4.69, 9.17) is 9.47 Å². The molecule has 0 spiro atoms. The average Bonchev–Trinajstić information content (AvgIpc) is 2.87. The van der Waals surface area contributed by atoms with Gasteiger partial charge in [0.05, 0.1) is 25.9 Å². The summed E-state index contributed by atoms with van der Waals surface area (Å²) in [6, 6.07) is 14.8. The summed E-state index contributed by atoms with van der Waals surface area (Å²) in [4.78, 5) is 32.0. The third-order valence-corrected chi connectivity index (χ3v) is 6.04. The summed E-state index contributed by atoms with van der Waals surface area (Å²) in [5, 5.41) is 0. The molecule has 2 fully saturated rings. The van der Waals surface area contributed by atoms with E-state index in [-0.39, 0.29) is 23.7 Å². The van der Waals surface area contributed by atoms with Gasteiger partial charge in [-0.2, -0.15) is 0 Å². The number of hydrogen-bond donors (Lipinski definition) is 0. The van der Waals surface area contributed by atoms with Crippen molar-refractivity contribution in [3.05, 3.63) is 71.5 Å². The van der Waals surface area contributed by atoms with E-state index < -0.39 is 0 Å². The molecule has 0 aliphatic carbocycles. The summed E-state index contributed by atoms with van der Waals surface area (Å²) in [5.41, 5.74) is 1.08. The fourth-order valence-corrected chi connectivity index (χ4v) is 4.16. The van der Waals surface area contributed by atoms with E-state index in [1.54, 1.807) is 4.90 Å². The van der Waals surface area contributed by atoms with E-state index >= 15 is 0 Å². The predicted octanol–water partition coefficient (Wildman–Crippen LogP) is 2.14. The van der Waals surface area contributed by atoms with Crippen LogP contribution in [0, 0.1) is 5.82 Å². The number of benzene rings is 2. The Morgan fingerprint density at radius 3 is 2.39 bits per heavy atom. The van der Waals surface area contributed by atoms with Crippen LogP contribution in [-0.4, -0.2) is 98.3 Å². The number of halogens is 1. The summed E-state index contributed by atoms with van der Waals surface area (Å²) in [6.07, 6.45) is -0.291. The lowest BCUT2D eigenvalue weighted by Gasteiger charge is -2.36. The van der Waals surface area contributed by atoms with E-state index in [0.717, 1.165) is 19.6 Å². The Morgan fingerprint density at radius 2 is 1.67 bits per heavy atom. The molecule has 4 rings (SSSR count). The number of amides is 2. The first kappa shape index (κ1) is 23.4. The van der Waals surface area contributed by atoms with Gasteiger partial charge in [-0.3, -0.25) is 14.5 Å². The molecular formula is C25H30FN3O4. The second kappa shape index (κ2) is 11.4. The molecular weight excluding hydrogens is 425 g/mol. The number of rotatable bonds is 7. The smallest absolute Gasteiger partial charge is 0.254 e. The minimum absolute atomic E-state index is 0.0468. The Labute approximate surface area is 193 Å². The van der Waals surface area contributed by atoms with Crippen LogP contribution in [0.4, 0.5) is 4.39 Å². The maximum Gasteiger partial charge on any atom is 0.254 e. The van der Waals surface area contributed by atoms with Crippen molar-refractivity contribution in [2.45, 2.75) is 6.10 Å². The van der Waals surface area contributed by atoms with E-state index in [0.29, 0.717) is 57.1 Å². The largest absolute Gasteiger partial charge is 0.379 e. The molecule has 2 aromatic carbocycles. The van der Waals surface area contributed by atoms with Crippen LogP contribution < -0.4 is 0 Å². The summed E-state index contributed by atoms with van der Waals surface area (Å²) in [5.74, 6) is -0.575. The first-order chi connectivity index (χ1) is 16.1. The highest BCUT2D eigenvalue weighted by atomic mass is 19.1. The maximum absolute atomic E-state index is 13.3. The fraction of sp³-hybridized carbons (Fsp3) is 0.440. The first-order valence-corrected chi connectivity index (χ1v) is 11.4. The Morgan fingerprint density at radius 1 is 0.939 bits per heavy atom. The highest BCUT2D eigenvalue weighted by Crippen LogP contribution is 2.14. The minimum atomic E-state index is -0.373. The van der Waals surface area contributed by atoms with Gasteiger partial charge in [-0.15, -0.1) is 0 Å². The van der Waals surface area contributed by atoms with Crippen molar-refractivity contribution in [3.8, 4) is 0 Å². The van der Waals surface area contributed by atoms with Crippen LogP contribution in [0.3, 0.4) is 0 Å². The third kappa shape index (κ3) is 6.37. The van der Waals surface area contributed by atoms with Gasteiger partial charge >= 0.3 is 0 Å². The molecule has 2 aromatic rings. The van der Waals surface area contributed by atoms with Crippen molar-refractivity contribution in [2.24, 2.45) is 0 Å². The van der Waals surface area contributed by atoms with Gasteiger partial charge in [0.15, 0.2) is 0 Å². The van der Waals surface area contributed by atoms with E-state index in [1.165, 1.54) is 24.3 Å². The van der Waals surface area contributed by atoms with Crippen LogP contribution in [-0.2, 0) is 9.47 Å². The van der Waals surface area contributed by atoms with Gasteiger partial charge in [0.1, 0.15) is 5.82 Å². The Bertz CT molecular complexity index is 919. The summed E-state index contributed by atoms with van der Waals surface area (Å²) in [6.45, 7) is 6.09. The quantitative estimate of drug-likeness (QED) is 0.640. The number of hydrogen-bond acceptors (Lipinski definition) is 5. The molecule has 0 bridgehead atoms. The standard InChI is InChI=1S/C25H30FN3O4/c26-22-8-6-21(7-9-22)25(31)29-14-17-33-23(19-29)18-28(11-10-27-12-15-32-16-13-27)24(30)20-4-2-1-3-5-20/h1-9,23H,10-19H2. The summed E-state index contributed by atoms with van der Waals surface area (Å²) in [7, 11) is 0. The molecule has 0 N–H and O–H groups in total. The molecule has 2 aliphatic rings. The van der Waals surface area contributed by atoms with Gasteiger partial charge in [-0.25, -0.2) is 4.39 Å². The van der Waals surface area contributed by atoms with Crippen molar-refractivity contribution in [2.75, 3.05) is 65.6 Å². The van der Waals surface area contributed by atoms with Gasteiger partial charge in [0, 0.05) is 56.9 Å². The fourth-order valence-electron chi connectivity index (χ4n) is 4.16. The van der Waals surface area contributed by atoms with Crippen molar-refractivity contribution in [1.82, 2.24) is 14.7 Å². The number of carbonyl (C=O) groups is 2. The lowest BCUT2D eigenvalue weighted by atomic mass is 10.1. The van der Waals surface area contributed by atoms with Crippen LogP contribution >= 0.6 is 0 Å². The number of morpholine rings is 2. The highest BCUT2D eigenvalue weighted by Gasteiger charge is 2.28. The second-order valence-electron chi connectivity index (χ2n) is 8.32. The Hall–Kier alpha value is -2.81. The molecule has 2 aliphatic heterocycles. The van der Waals surface area contributed by atoms with Crippen LogP contribution in [0.2, 0.25) is 0 Å². The number of nitrogens with zero attached hydrogens (tertiary/aromatic N) is 3. The molecule has 1 unspecified atom stereocenters. The summed E-state index contributed by atoms with van der Waals surface area (Å²) < 4.78 is 24.6. The maximum atomic E-state index is 13.3. The van der Waals surface area contributed by atoms with Gasteiger partial charge in [-0.05, 0) is 36.4 Å². The zero-order chi connectivity index (χ0) is 23.0. The zero-order valence-corrected chi connectivity index (χ0v) is 18.7. The zero-order valence-electron chi connectivity index (χ0n) is 18.7. The van der Waals surface area contributed by atoms with E-state index in [9.17, 15) is 14.0 Å². The van der Waals surface area contributed by atoms with Crippen LogP contribution in [0.25, 0.3) is 0 Å². The number of ether oxygens (including phenoxy) is 2. The first-order valence-electron chi connectivity index (χ1n) is 11.4. The molecule has 176 valence electrons. The van der Waals surface area contributed by atoms with Crippen LogP contribution in [0.1, 0.15) is 20.7 Å². The molecule has 2 heterocycles. The molecule has 1 atom stereocenters. The predicted molar refractivity (Wildman–Crippen MR) is 122 cm³/mol. The molecule has 33 heavy (non-hydrogen) atoms.